The van der Waals surface area contributed by atoms with Gasteiger partial charge in [0.25, 0.3) is 0 Å². The molecule has 3 nitrogen and oxygen atoms in total. The van der Waals surface area contributed by atoms with Gasteiger partial charge in [-0.3, -0.25) is 0 Å². The van der Waals surface area contributed by atoms with Crippen LogP contribution in [0.4, 0.5) is 0 Å². The summed E-state index contributed by atoms with van der Waals surface area (Å²) in [5.41, 5.74) is 0. The van der Waals surface area contributed by atoms with Gasteiger partial charge in [-0.2, -0.15) is 0 Å². The Morgan fingerprint density at radius 2 is 0.739 bits per heavy atom. The highest BCUT2D eigenvalue weighted by Crippen LogP contribution is 2.55. The van der Waals surface area contributed by atoms with Crippen molar-refractivity contribution in [2.75, 3.05) is 0 Å². The molecule has 0 saturated heterocycles. The second-order valence-electron chi connectivity index (χ2n) is 19.1. The van der Waals surface area contributed by atoms with Gasteiger partial charge < -0.3 is 15.3 Å². The van der Waals surface area contributed by atoms with Crippen LogP contribution in [-0.4, -0.2) is 33.6 Å². The Labute approximate surface area is 284 Å². The van der Waals surface area contributed by atoms with Crippen LogP contribution < -0.4 is 0 Å². The molecule has 13 atom stereocenters. The Balaban J connectivity index is 1.25. The maximum Gasteiger partial charge on any atom is 0.0573 e. The van der Waals surface area contributed by atoms with Gasteiger partial charge in [0, 0.05) is 0 Å². The molecule has 0 aromatic carbocycles. The molecular formula is C43H76O3. The third-order valence-electron chi connectivity index (χ3n) is 16.4. The van der Waals surface area contributed by atoms with Crippen molar-refractivity contribution in [2.24, 2.45) is 82.9 Å². The van der Waals surface area contributed by atoms with Crippen molar-refractivity contribution < 1.29 is 15.3 Å². The number of hydrogen-bond acceptors (Lipinski definition) is 3. The fraction of sp³-hybridized carbons (Fsp3) is 1.00. The summed E-state index contributed by atoms with van der Waals surface area (Å²) in [6.45, 7) is 10.1. The lowest BCUT2D eigenvalue weighted by Gasteiger charge is -2.52. The fourth-order valence-electron chi connectivity index (χ4n) is 13.8. The van der Waals surface area contributed by atoms with Crippen LogP contribution in [0.2, 0.25) is 0 Å². The average molecular weight is 641 g/mol. The molecule has 3 N–H and O–H groups in total. The number of aliphatic hydroxyl groups is 3. The van der Waals surface area contributed by atoms with Crippen molar-refractivity contribution in [1.82, 2.24) is 0 Å². The summed E-state index contributed by atoms with van der Waals surface area (Å²) in [5, 5.41) is 34.4. The van der Waals surface area contributed by atoms with Crippen LogP contribution in [0, 0.1) is 82.9 Å². The Morgan fingerprint density at radius 1 is 0.435 bits per heavy atom. The van der Waals surface area contributed by atoms with Gasteiger partial charge in [-0.25, -0.2) is 0 Å². The summed E-state index contributed by atoms with van der Waals surface area (Å²) in [6, 6.07) is 0. The van der Waals surface area contributed by atoms with Gasteiger partial charge in [0.2, 0.25) is 0 Å². The summed E-state index contributed by atoms with van der Waals surface area (Å²) < 4.78 is 0. The molecule has 6 rings (SSSR count). The third-order valence-corrected chi connectivity index (χ3v) is 16.4. The van der Waals surface area contributed by atoms with E-state index in [1.165, 1.54) is 122 Å². The van der Waals surface area contributed by atoms with E-state index in [-0.39, 0.29) is 18.3 Å². The first-order valence-electron chi connectivity index (χ1n) is 21.2. The van der Waals surface area contributed by atoms with Gasteiger partial charge in [0.1, 0.15) is 0 Å². The third kappa shape index (κ3) is 8.09. The molecule has 0 aliphatic heterocycles. The van der Waals surface area contributed by atoms with Gasteiger partial charge in [-0.1, -0.05) is 124 Å². The molecule has 0 heterocycles. The second kappa shape index (κ2) is 16.3. The van der Waals surface area contributed by atoms with Gasteiger partial charge in [0.05, 0.1) is 18.3 Å². The Hall–Kier alpha value is -0.120. The number of rotatable bonds is 8. The number of aliphatic hydroxyl groups excluding tert-OH is 3. The molecule has 0 amide bonds. The summed E-state index contributed by atoms with van der Waals surface area (Å²) >= 11 is 0. The molecule has 0 aromatic rings. The van der Waals surface area contributed by atoms with E-state index < -0.39 is 0 Å². The molecule has 0 spiro atoms. The van der Waals surface area contributed by atoms with E-state index in [1.807, 2.05) is 0 Å². The molecule has 6 aliphatic carbocycles. The van der Waals surface area contributed by atoms with Crippen LogP contribution >= 0.6 is 0 Å². The monoisotopic (exact) mass is 641 g/mol. The molecule has 6 aliphatic rings. The molecule has 266 valence electrons. The van der Waals surface area contributed by atoms with Crippen LogP contribution in [0.15, 0.2) is 0 Å². The van der Waals surface area contributed by atoms with Crippen LogP contribution in [0.25, 0.3) is 0 Å². The van der Waals surface area contributed by atoms with Gasteiger partial charge in [-0.05, 0) is 128 Å². The molecule has 13 unspecified atom stereocenters. The minimum Gasteiger partial charge on any atom is -0.393 e. The smallest absolute Gasteiger partial charge is 0.0573 e. The largest absolute Gasteiger partial charge is 0.393 e. The topological polar surface area (TPSA) is 60.7 Å². The molecule has 0 radical (unpaired) electrons. The normalized spacial score (nSPS) is 45.7. The highest BCUT2D eigenvalue weighted by atomic mass is 16.3. The van der Waals surface area contributed by atoms with Crippen LogP contribution in [-0.2, 0) is 0 Å². The molecule has 46 heavy (non-hydrogen) atoms. The van der Waals surface area contributed by atoms with Crippen molar-refractivity contribution in [2.45, 2.75) is 187 Å². The summed E-state index contributed by atoms with van der Waals surface area (Å²) in [4.78, 5) is 0. The van der Waals surface area contributed by atoms with E-state index in [2.05, 4.69) is 27.7 Å². The van der Waals surface area contributed by atoms with E-state index in [0.717, 1.165) is 42.9 Å². The predicted molar refractivity (Wildman–Crippen MR) is 191 cm³/mol. The Bertz CT molecular complexity index is 856. The van der Waals surface area contributed by atoms with Crippen molar-refractivity contribution in [3.8, 4) is 0 Å². The molecule has 0 aromatic heterocycles. The Morgan fingerprint density at radius 3 is 1.09 bits per heavy atom. The minimum atomic E-state index is -0.107. The standard InChI is InChI=1S/C43H76O3/c1-27(34-24-37(41(44)21-28(34)2)31-14-8-5-9-15-31)20-40(35-25-38(42(45)22-29(35)3)32-16-10-6-11-17-32)36-26-39(43(46)23-30(36)4)33-18-12-7-13-19-33/h27-46H,5-26H2,1-4H3. The molecule has 6 fully saturated rings. The van der Waals surface area contributed by atoms with Gasteiger partial charge in [-0.15, -0.1) is 0 Å². The van der Waals surface area contributed by atoms with E-state index >= 15 is 0 Å². The van der Waals surface area contributed by atoms with E-state index in [9.17, 15) is 15.3 Å². The van der Waals surface area contributed by atoms with E-state index in [1.54, 1.807) is 0 Å². The second-order valence-corrected chi connectivity index (χ2v) is 19.1. The maximum absolute atomic E-state index is 11.5. The number of hydrogen-bond donors (Lipinski definition) is 3. The first-order valence-corrected chi connectivity index (χ1v) is 21.2. The minimum absolute atomic E-state index is 0.0930. The SMILES string of the molecule is CC1CC(O)C(C2CCCCC2)CC1C(C)CC(C1CC(C2CCCCC2)C(O)CC1C)C1CC(C2CCCCC2)C(O)CC1C. The first kappa shape index (κ1) is 35.7. The predicted octanol–water partition coefficient (Wildman–Crippen LogP) is 10.4. The molecule has 6 saturated carbocycles. The summed E-state index contributed by atoms with van der Waals surface area (Å²) in [5.74, 6) is 8.98. The molecule has 0 bridgehead atoms. The quantitative estimate of drug-likeness (QED) is 0.247. The van der Waals surface area contributed by atoms with Gasteiger partial charge >= 0.3 is 0 Å². The van der Waals surface area contributed by atoms with Crippen LogP contribution in [0.3, 0.4) is 0 Å². The van der Waals surface area contributed by atoms with Crippen molar-refractivity contribution in [1.29, 1.82) is 0 Å². The zero-order valence-corrected chi connectivity index (χ0v) is 30.7. The van der Waals surface area contributed by atoms with Gasteiger partial charge in [0.15, 0.2) is 0 Å². The lowest BCUT2D eigenvalue weighted by molar-refractivity contribution is -0.0806. The highest BCUT2D eigenvalue weighted by Gasteiger charge is 2.49. The summed E-state index contributed by atoms with van der Waals surface area (Å²) in [7, 11) is 0. The molecular weight excluding hydrogens is 564 g/mol. The zero-order chi connectivity index (χ0) is 32.4. The van der Waals surface area contributed by atoms with Crippen molar-refractivity contribution in [3.63, 3.8) is 0 Å². The molecule has 3 heteroatoms. The Kier molecular flexibility index (Phi) is 12.6. The zero-order valence-electron chi connectivity index (χ0n) is 30.7. The van der Waals surface area contributed by atoms with Crippen LogP contribution in [0.1, 0.15) is 169 Å². The lowest BCUT2D eigenvalue weighted by atomic mass is 9.54. The van der Waals surface area contributed by atoms with Crippen molar-refractivity contribution in [3.05, 3.63) is 0 Å². The van der Waals surface area contributed by atoms with E-state index in [4.69, 9.17) is 0 Å². The average Bonchev–Trinajstić information content (AvgIpc) is 3.05. The summed E-state index contributed by atoms with van der Waals surface area (Å²) in [6.07, 6.45) is 28.2. The highest BCUT2D eigenvalue weighted by molar-refractivity contribution is 4.99. The first-order chi connectivity index (χ1) is 22.2. The van der Waals surface area contributed by atoms with E-state index in [0.29, 0.717) is 59.2 Å². The fourth-order valence-corrected chi connectivity index (χ4v) is 13.8. The maximum atomic E-state index is 11.5. The van der Waals surface area contributed by atoms with Crippen molar-refractivity contribution >= 4 is 0 Å². The van der Waals surface area contributed by atoms with Crippen LogP contribution in [0.5, 0.6) is 0 Å². The lowest BCUT2D eigenvalue weighted by Crippen LogP contribution is -2.48.